The molecule has 1 saturated heterocycles. The Kier molecular flexibility index (Phi) is 2.08. The molecular weight excluding hydrogens is 230 g/mol. The zero-order chi connectivity index (χ0) is 12.0. The third-order valence-corrected chi connectivity index (χ3v) is 4.31. The van der Waals surface area contributed by atoms with Gasteiger partial charge in [0, 0.05) is 18.4 Å². The van der Waals surface area contributed by atoms with Crippen molar-refractivity contribution >= 4 is 0 Å². The maximum absolute atomic E-state index is 5.52. The zero-order valence-corrected chi connectivity index (χ0v) is 10.0. The van der Waals surface area contributed by atoms with E-state index in [1.807, 2.05) is 0 Å². The summed E-state index contributed by atoms with van der Waals surface area (Å²) in [5, 5.41) is 7.60. The number of rotatable bonds is 2. The van der Waals surface area contributed by atoms with Crippen LogP contribution in [0.4, 0.5) is 0 Å². The molecule has 18 heavy (non-hydrogen) atoms. The molecule has 2 aromatic rings. The van der Waals surface area contributed by atoms with Crippen LogP contribution in [0.2, 0.25) is 0 Å². The van der Waals surface area contributed by atoms with Crippen LogP contribution in [-0.4, -0.2) is 32.7 Å². The SMILES string of the molecule is c1c[nH]c(-c2noc([C@@]34CCC[C@@H]3NCC4)n2)n1. The number of nitrogens with zero attached hydrogens (tertiary/aromatic N) is 3. The van der Waals surface area contributed by atoms with Gasteiger partial charge in [0.1, 0.15) is 0 Å². The van der Waals surface area contributed by atoms with Gasteiger partial charge in [0.2, 0.25) is 11.7 Å². The van der Waals surface area contributed by atoms with E-state index < -0.39 is 0 Å². The molecule has 2 atom stereocenters. The van der Waals surface area contributed by atoms with Gasteiger partial charge in [-0.1, -0.05) is 11.6 Å². The molecule has 0 spiro atoms. The van der Waals surface area contributed by atoms with Crippen molar-refractivity contribution in [3.8, 4) is 11.6 Å². The largest absolute Gasteiger partial charge is 0.342 e. The smallest absolute Gasteiger partial charge is 0.238 e. The first kappa shape index (κ1) is 10.3. The van der Waals surface area contributed by atoms with Gasteiger partial charge >= 0.3 is 0 Å². The third kappa shape index (κ3) is 1.29. The first-order valence-electron chi connectivity index (χ1n) is 6.46. The summed E-state index contributed by atoms with van der Waals surface area (Å²) >= 11 is 0. The molecular formula is C12H15N5O. The first-order chi connectivity index (χ1) is 8.88. The molecule has 4 rings (SSSR count). The van der Waals surface area contributed by atoms with Crippen LogP contribution in [0.25, 0.3) is 11.6 Å². The molecule has 6 heteroatoms. The van der Waals surface area contributed by atoms with Crippen LogP contribution in [-0.2, 0) is 5.41 Å². The summed E-state index contributed by atoms with van der Waals surface area (Å²) in [5.41, 5.74) is 0.0673. The van der Waals surface area contributed by atoms with Crippen molar-refractivity contribution in [1.29, 1.82) is 0 Å². The molecule has 1 saturated carbocycles. The Balaban J connectivity index is 1.73. The molecule has 94 valence electrons. The van der Waals surface area contributed by atoms with Gasteiger partial charge in [0.25, 0.3) is 0 Å². The number of fused-ring (bicyclic) bond motifs is 1. The topological polar surface area (TPSA) is 79.6 Å². The Morgan fingerprint density at radius 1 is 1.39 bits per heavy atom. The molecule has 1 aliphatic heterocycles. The molecule has 1 aliphatic carbocycles. The van der Waals surface area contributed by atoms with E-state index in [2.05, 4.69) is 25.4 Å². The van der Waals surface area contributed by atoms with Crippen molar-refractivity contribution in [2.45, 2.75) is 37.1 Å². The number of aromatic nitrogens is 4. The van der Waals surface area contributed by atoms with Crippen LogP contribution in [0.5, 0.6) is 0 Å². The summed E-state index contributed by atoms with van der Waals surface area (Å²) in [5.74, 6) is 2.00. The quantitative estimate of drug-likeness (QED) is 0.832. The van der Waals surface area contributed by atoms with Gasteiger partial charge in [-0.3, -0.25) is 0 Å². The van der Waals surface area contributed by atoms with Gasteiger partial charge < -0.3 is 14.8 Å². The maximum atomic E-state index is 5.52. The molecule has 0 radical (unpaired) electrons. The minimum Gasteiger partial charge on any atom is -0.342 e. The number of imidazole rings is 1. The van der Waals surface area contributed by atoms with Crippen molar-refractivity contribution < 1.29 is 4.52 Å². The van der Waals surface area contributed by atoms with E-state index in [1.165, 1.54) is 12.8 Å². The van der Waals surface area contributed by atoms with Crippen LogP contribution in [0.1, 0.15) is 31.6 Å². The molecule has 2 N–H and O–H groups in total. The lowest BCUT2D eigenvalue weighted by Gasteiger charge is -2.23. The van der Waals surface area contributed by atoms with Crippen LogP contribution in [0.15, 0.2) is 16.9 Å². The van der Waals surface area contributed by atoms with E-state index in [0.29, 0.717) is 17.7 Å². The fourth-order valence-corrected chi connectivity index (χ4v) is 3.41. The molecule has 0 aromatic carbocycles. The standard InChI is InChI=1S/C12H15N5O/c1-2-8-12(3-1,4-5-13-8)11-16-10(17-18-11)9-14-6-7-15-9/h6-8,13H,1-5H2,(H,14,15)/t8-,12+/m0/s1. The van der Waals surface area contributed by atoms with Gasteiger partial charge in [-0.15, -0.1) is 0 Å². The average Bonchev–Trinajstić information content (AvgIpc) is 3.13. The third-order valence-electron chi connectivity index (χ3n) is 4.31. The van der Waals surface area contributed by atoms with E-state index in [0.717, 1.165) is 25.3 Å². The van der Waals surface area contributed by atoms with E-state index in [1.54, 1.807) is 12.4 Å². The van der Waals surface area contributed by atoms with E-state index in [4.69, 9.17) is 4.52 Å². The highest BCUT2D eigenvalue weighted by molar-refractivity contribution is 5.41. The summed E-state index contributed by atoms with van der Waals surface area (Å²) in [4.78, 5) is 11.7. The molecule has 2 fully saturated rings. The number of aromatic amines is 1. The van der Waals surface area contributed by atoms with Gasteiger partial charge in [0.15, 0.2) is 5.82 Å². The average molecular weight is 245 g/mol. The van der Waals surface area contributed by atoms with Crippen LogP contribution >= 0.6 is 0 Å². The molecule has 0 unspecified atom stereocenters. The van der Waals surface area contributed by atoms with E-state index in [9.17, 15) is 0 Å². The lowest BCUT2D eigenvalue weighted by atomic mass is 9.82. The normalized spacial score (nSPS) is 30.8. The molecule has 0 bridgehead atoms. The Bertz CT molecular complexity index is 537. The minimum atomic E-state index is 0.0673. The fraction of sp³-hybridized carbons (Fsp3) is 0.583. The second-order valence-corrected chi connectivity index (χ2v) is 5.17. The first-order valence-corrected chi connectivity index (χ1v) is 6.46. The van der Waals surface area contributed by atoms with Crippen LogP contribution in [0.3, 0.4) is 0 Å². The Hall–Kier alpha value is -1.69. The monoisotopic (exact) mass is 245 g/mol. The summed E-state index contributed by atoms with van der Waals surface area (Å²) in [6, 6.07) is 0.502. The van der Waals surface area contributed by atoms with E-state index >= 15 is 0 Å². The Morgan fingerprint density at radius 2 is 2.39 bits per heavy atom. The van der Waals surface area contributed by atoms with Crippen molar-refractivity contribution in [3.63, 3.8) is 0 Å². The highest BCUT2D eigenvalue weighted by Gasteiger charge is 2.51. The van der Waals surface area contributed by atoms with Gasteiger partial charge in [-0.25, -0.2) is 4.98 Å². The fourth-order valence-electron chi connectivity index (χ4n) is 3.41. The lowest BCUT2D eigenvalue weighted by Crippen LogP contribution is -2.35. The van der Waals surface area contributed by atoms with Gasteiger partial charge in [-0.2, -0.15) is 4.98 Å². The van der Waals surface area contributed by atoms with Crippen molar-refractivity contribution in [3.05, 3.63) is 18.3 Å². The summed E-state index contributed by atoms with van der Waals surface area (Å²) < 4.78 is 5.52. The zero-order valence-electron chi connectivity index (χ0n) is 10.0. The molecule has 2 aliphatic rings. The summed E-state index contributed by atoms with van der Waals surface area (Å²) in [6.07, 6.45) is 8.13. The highest BCUT2D eigenvalue weighted by Crippen LogP contribution is 2.46. The number of hydrogen-bond acceptors (Lipinski definition) is 5. The number of hydrogen-bond donors (Lipinski definition) is 2. The summed E-state index contributed by atoms with van der Waals surface area (Å²) in [6.45, 7) is 1.04. The second-order valence-electron chi connectivity index (χ2n) is 5.17. The van der Waals surface area contributed by atoms with Crippen LogP contribution < -0.4 is 5.32 Å². The predicted molar refractivity (Wildman–Crippen MR) is 63.8 cm³/mol. The molecule has 2 aromatic heterocycles. The molecule has 0 amide bonds. The Morgan fingerprint density at radius 3 is 3.28 bits per heavy atom. The highest BCUT2D eigenvalue weighted by atomic mass is 16.5. The number of nitrogens with one attached hydrogen (secondary N) is 2. The van der Waals surface area contributed by atoms with Crippen LogP contribution in [0, 0.1) is 0 Å². The Labute approximate surface area is 104 Å². The van der Waals surface area contributed by atoms with Crippen molar-refractivity contribution in [2.24, 2.45) is 0 Å². The van der Waals surface area contributed by atoms with E-state index in [-0.39, 0.29) is 5.41 Å². The minimum absolute atomic E-state index is 0.0673. The van der Waals surface area contributed by atoms with Gasteiger partial charge in [0.05, 0.1) is 5.41 Å². The number of H-pyrrole nitrogens is 1. The maximum Gasteiger partial charge on any atom is 0.238 e. The second kappa shape index (κ2) is 3.65. The lowest BCUT2D eigenvalue weighted by molar-refractivity contribution is 0.274. The van der Waals surface area contributed by atoms with Crippen molar-refractivity contribution in [2.75, 3.05) is 6.54 Å². The van der Waals surface area contributed by atoms with Gasteiger partial charge in [-0.05, 0) is 25.8 Å². The molecule has 3 heterocycles. The predicted octanol–water partition coefficient (Wildman–Crippen LogP) is 1.24. The summed E-state index contributed by atoms with van der Waals surface area (Å²) in [7, 11) is 0. The van der Waals surface area contributed by atoms with Crippen molar-refractivity contribution in [1.82, 2.24) is 25.4 Å². The molecule has 6 nitrogen and oxygen atoms in total.